The molecule has 48 valence electrons. The molecule has 3 heteroatoms. The molecular weight excluding hydrogens is 115 g/mol. The largest absolute Gasteiger partial charge is 0.475 e. The van der Waals surface area contributed by atoms with Gasteiger partial charge in [-0.05, 0) is 6.58 Å². The summed E-state index contributed by atoms with van der Waals surface area (Å²) in [5, 5.41) is 0. The van der Waals surface area contributed by atoms with Gasteiger partial charge in [0.1, 0.15) is 0 Å². The molecule has 0 aliphatic rings. The first-order valence-electron chi connectivity index (χ1n) is 2.69. The zero-order chi connectivity index (χ0) is 7.11. The van der Waals surface area contributed by atoms with Gasteiger partial charge >= 0.3 is 0 Å². The van der Waals surface area contributed by atoms with Crippen LogP contribution in [0.1, 0.15) is 0 Å². The lowest BCUT2D eigenvalue weighted by Crippen LogP contribution is -1.97. The van der Waals surface area contributed by atoms with Crippen molar-refractivity contribution in [2.75, 3.05) is 13.1 Å². The summed E-state index contributed by atoms with van der Waals surface area (Å²) in [6, 6.07) is 0. The Bertz CT molecular complexity index is 126. The maximum Gasteiger partial charge on any atom is 0.271 e. The van der Waals surface area contributed by atoms with Crippen LogP contribution in [0.25, 0.3) is 0 Å². The lowest BCUT2D eigenvalue weighted by atomic mass is 10.2. The molecular formula is C6H9BO2. The molecule has 0 aliphatic carbocycles. The van der Waals surface area contributed by atoms with Gasteiger partial charge in [0.25, 0.3) is 5.95 Å². The van der Waals surface area contributed by atoms with Crippen LogP contribution < -0.4 is 0 Å². The van der Waals surface area contributed by atoms with E-state index in [2.05, 4.69) is 12.5 Å². The highest BCUT2D eigenvalue weighted by Gasteiger charge is 1.88. The maximum absolute atomic E-state index is 4.90. The van der Waals surface area contributed by atoms with E-state index in [-0.39, 0.29) is 12.6 Å². The van der Waals surface area contributed by atoms with Gasteiger partial charge in [0.05, 0.1) is 6.51 Å². The Hall–Kier alpha value is -1.04. The average molecular weight is 124 g/mol. The van der Waals surface area contributed by atoms with Gasteiger partial charge in [-0.1, -0.05) is 5.92 Å². The molecule has 0 aromatic rings. The molecule has 0 saturated carbocycles. The van der Waals surface area contributed by atoms with Crippen LogP contribution in [0, 0.1) is 12.3 Å². The highest BCUT2D eigenvalue weighted by molar-refractivity contribution is 6.08. The fourth-order valence-corrected chi connectivity index (χ4v) is 0.325. The fraction of sp³-hybridized carbons (Fsp3) is 0.333. The third kappa shape index (κ3) is 4.83. The van der Waals surface area contributed by atoms with E-state index in [0.717, 1.165) is 0 Å². The SMILES string of the molecule is BCOC(=C)OCC#C. The van der Waals surface area contributed by atoms with Crippen LogP contribution in [0.5, 0.6) is 0 Å². The third-order valence-corrected chi connectivity index (χ3v) is 0.622. The Morgan fingerprint density at radius 3 is 2.78 bits per heavy atom. The minimum Gasteiger partial charge on any atom is -0.475 e. The molecule has 0 fully saturated rings. The van der Waals surface area contributed by atoms with Crippen LogP contribution in [0.3, 0.4) is 0 Å². The summed E-state index contributed by atoms with van der Waals surface area (Å²) in [4.78, 5) is 0. The Labute approximate surface area is 56.3 Å². The highest BCUT2D eigenvalue weighted by Crippen LogP contribution is 1.92. The first-order valence-corrected chi connectivity index (χ1v) is 2.69. The van der Waals surface area contributed by atoms with Crippen molar-refractivity contribution >= 4 is 7.85 Å². The normalized spacial score (nSPS) is 7.44. The minimum atomic E-state index is 0.221. The van der Waals surface area contributed by atoms with Crippen LogP contribution in [0.2, 0.25) is 0 Å². The average Bonchev–Trinajstić information content (AvgIpc) is 1.85. The summed E-state index contributed by atoms with van der Waals surface area (Å²) in [7, 11) is 1.85. The van der Waals surface area contributed by atoms with Crippen molar-refractivity contribution in [1.29, 1.82) is 0 Å². The summed E-state index contributed by atoms with van der Waals surface area (Å²) in [5.74, 6) is 2.58. The monoisotopic (exact) mass is 124 g/mol. The van der Waals surface area contributed by atoms with Gasteiger partial charge in [0, 0.05) is 0 Å². The number of hydrogen-bond acceptors (Lipinski definition) is 2. The van der Waals surface area contributed by atoms with Crippen molar-refractivity contribution in [3.63, 3.8) is 0 Å². The Kier molecular flexibility index (Phi) is 4.52. The molecule has 0 aliphatic heterocycles. The van der Waals surface area contributed by atoms with Crippen LogP contribution in [-0.4, -0.2) is 21.0 Å². The van der Waals surface area contributed by atoms with Gasteiger partial charge in [-0.3, -0.25) is 0 Å². The van der Waals surface area contributed by atoms with Crippen LogP contribution >= 0.6 is 0 Å². The number of rotatable bonds is 4. The second kappa shape index (κ2) is 5.11. The second-order valence-electron chi connectivity index (χ2n) is 1.30. The van der Waals surface area contributed by atoms with Gasteiger partial charge in [-0.2, -0.15) is 0 Å². The van der Waals surface area contributed by atoms with E-state index in [4.69, 9.17) is 15.9 Å². The number of hydrogen-bond donors (Lipinski definition) is 0. The molecule has 2 nitrogen and oxygen atoms in total. The van der Waals surface area contributed by atoms with Crippen molar-refractivity contribution in [1.82, 2.24) is 0 Å². The third-order valence-electron chi connectivity index (χ3n) is 0.622. The molecule has 0 amide bonds. The second-order valence-corrected chi connectivity index (χ2v) is 1.30. The highest BCUT2D eigenvalue weighted by atomic mass is 16.7. The first kappa shape index (κ1) is 7.96. The summed E-state index contributed by atoms with van der Waals surface area (Å²) in [6.45, 7) is 4.22. The lowest BCUT2D eigenvalue weighted by molar-refractivity contribution is 0.0723. The van der Waals surface area contributed by atoms with Crippen LogP contribution in [0.15, 0.2) is 12.5 Å². The van der Waals surface area contributed by atoms with E-state index in [1.54, 1.807) is 0 Å². The molecule has 0 N–H and O–H groups in total. The van der Waals surface area contributed by atoms with Gasteiger partial charge in [-0.25, -0.2) is 0 Å². The van der Waals surface area contributed by atoms with Crippen molar-refractivity contribution < 1.29 is 9.47 Å². The molecule has 0 heterocycles. The van der Waals surface area contributed by atoms with E-state index < -0.39 is 0 Å². The number of ether oxygens (including phenoxy) is 2. The van der Waals surface area contributed by atoms with Crippen LogP contribution in [-0.2, 0) is 9.47 Å². The van der Waals surface area contributed by atoms with Crippen LogP contribution in [0.4, 0.5) is 0 Å². The molecule has 0 aromatic carbocycles. The topological polar surface area (TPSA) is 18.5 Å². The minimum absolute atomic E-state index is 0.221. The van der Waals surface area contributed by atoms with Gasteiger partial charge in [0.2, 0.25) is 0 Å². The maximum atomic E-state index is 4.90. The fourth-order valence-electron chi connectivity index (χ4n) is 0.325. The van der Waals surface area contributed by atoms with E-state index in [9.17, 15) is 0 Å². The molecule has 0 unspecified atom stereocenters. The molecule has 0 spiro atoms. The smallest absolute Gasteiger partial charge is 0.271 e. The molecule has 0 rings (SSSR count). The summed E-state index contributed by atoms with van der Waals surface area (Å²) in [5.41, 5.74) is 0. The van der Waals surface area contributed by atoms with E-state index in [1.165, 1.54) is 0 Å². The predicted molar refractivity (Wildman–Crippen MR) is 38.4 cm³/mol. The Balaban J connectivity index is 3.19. The summed E-state index contributed by atoms with van der Waals surface area (Å²) in [6.07, 6.45) is 4.90. The summed E-state index contributed by atoms with van der Waals surface area (Å²) >= 11 is 0. The first-order chi connectivity index (χ1) is 4.31. The van der Waals surface area contributed by atoms with E-state index in [0.29, 0.717) is 6.51 Å². The molecule has 0 bridgehead atoms. The summed E-state index contributed by atoms with van der Waals surface area (Å²) < 4.78 is 9.61. The van der Waals surface area contributed by atoms with Gasteiger partial charge < -0.3 is 9.47 Å². The van der Waals surface area contributed by atoms with Crippen molar-refractivity contribution in [2.24, 2.45) is 0 Å². The molecule has 0 radical (unpaired) electrons. The van der Waals surface area contributed by atoms with E-state index in [1.807, 2.05) is 7.85 Å². The Morgan fingerprint density at radius 1 is 1.67 bits per heavy atom. The van der Waals surface area contributed by atoms with E-state index >= 15 is 0 Å². The predicted octanol–water partition coefficient (Wildman–Crippen LogP) is -0.285. The van der Waals surface area contributed by atoms with Crippen molar-refractivity contribution in [3.8, 4) is 12.3 Å². The molecule has 9 heavy (non-hydrogen) atoms. The van der Waals surface area contributed by atoms with Gasteiger partial charge in [0.15, 0.2) is 14.5 Å². The molecule has 0 atom stereocenters. The van der Waals surface area contributed by atoms with Crippen molar-refractivity contribution in [2.45, 2.75) is 0 Å². The zero-order valence-corrected chi connectivity index (χ0v) is 5.52. The number of terminal acetylenes is 1. The quantitative estimate of drug-likeness (QED) is 0.291. The zero-order valence-electron chi connectivity index (χ0n) is 5.52. The standard InChI is InChI=1S/C6H9BO2/c1-3-4-8-6(2)9-5-7/h1H,2,4-5,7H2. The molecule has 0 saturated heterocycles. The molecule has 0 aromatic heterocycles. The Morgan fingerprint density at radius 2 is 2.33 bits per heavy atom. The van der Waals surface area contributed by atoms with Crippen molar-refractivity contribution in [3.05, 3.63) is 12.5 Å². The van der Waals surface area contributed by atoms with Gasteiger partial charge in [-0.15, -0.1) is 6.42 Å². The lowest BCUT2D eigenvalue weighted by Gasteiger charge is -2.04.